The Morgan fingerprint density at radius 2 is 1.59 bits per heavy atom. The average molecular weight is 628 g/mol. The van der Waals surface area contributed by atoms with Crippen LogP contribution in [0.4, 0.5) is 10.5 Å². The molecule has 2 aliphatic heterocycles. The van der Waals surface area contributed by atoms with Crippen molar-refractivity contribution >= 4 is 29.6 Å². The van der Waals surface area contributed by atoms with E-state index in [0.29, 0.717) is 26.0 Å². The zero-order valence-corrected chi connectivity index (χ0v) is 26.5. The van der Waals surface area contributed by atoms with Gasteiger partial charge in [-0.1, -0.05) is 42.5 Å². The molecule has 0 saturated carbocycles. The summed E-state index contributed by atoms with van der Waals surface area (Å²) in [6, 6.07) is 20.0. The minimum absolute atomic E-state index is 0.0919. The summed E-state index contributed by atoms with van der Waals surface area (Å²) in [4.78, 5) is 53.8. The number of aryl methyl sites for hydroxylation is 1. The fourth-order valence-electron chi connectivity index (χ4n) is 6.02. The number of fused-ring (bicyclic) bond motifs is 1. The van der Waals surface area contributed by atoms with E-state index in [2.05, 4.69) is 19.1 Å². The van der Waals surface area contributed by atoms with Crippen molar-refractivity contribution < 1.29 is 33.8 Å². The van der Waals surface area contributed by atoms with E-state index < -0.39 is 24.4 Å². The molecule has 2 aliphatic rings. The molecule has 1 saturated heterocycles. The highest BCUT2D eigenvalue weighted by Gasteiger charge is 2.27. The van der Waals surface area contributed by atoms with Gasteiger partial charge in [-0.05, 0) is 84.7 Å². The summed E-state index contributed by atoms with van der Waals surface area (Å²) in [6.45, 7) is 6.49. The molecular weight excluding hydrogens is 586 g/mol. The number of amides is 3. The summed E-state index contributed by atoms with van der Waals surface area (Å²) in [5.74, 6) is -0.661. The molecule has 5 rings (SSSR count). The van der Waals surface area contributed by atoms with Gasteiger partial charge in [0.25, 0.3) is 0 Å². The number of carboxylic acids is 1. The van der Waals surface area contributed by atoms with E-state index in [1.807, 2.05) is 60.4 Å². The fraction of sp³-hybridized carbons (Fsp3) is 0.389. The van der Waals surface area contributed by atoms with E-state index in [0.717, 1.165) is 52.1 Å². The molecule has 0 atom stereocenters. The summed E-state index contributed by atoms with van der Waals surface area (Å²) in [7, 11) is 0. The summed E-state index contributed by atoms with van der Waals surface area (Å²) in [6.07, 6.45) is 1.76. The van der Waals surface area contributed by atoms with Crippen molar-refractivity contribution in [3.63, 3.8) is 0 Å². The van der Waals surface area contributed by atoms with Gasteiger partial charge in [0.05, 0.1) is 6.61 Å². The van der Waals surface area contributed by atoms with Crippen LogP contribution in [0.15, 0.2) is 60.7 Å². The lowest BCUT2D eigenvalue weighted by atomic mass is 9.91. The fourth-order valence-corrected chi connectivity index (χ4v) is 6.02. The minimum Gasteiger partial charge on any atom is -0.493 e. The molecular formula is C36H41N3O7. The highest BCUT2D eigenvalue weighted by molar-refractivity contribution is 5.96. The Hall–Kier alpha value is -4.86. The van der Waals surface area contributed by atoms with Crippen molar-refractivity contribution in [3.8, 4) is 16.9 Å². The van der Waals surface area contributed by atoms with E-state index in [1.54, 1.807) is 0 Å². The molecule has 0 unspecified atom stereocenters. The van der Waals surface area contributed by atoms with Gasteiger partial charge < -0.3 is 29.3 Å². The number of carbonyl (C=O) groups is 4. The number of nitrogens with zero attached hydrogens (tertiary/aromatic N) is 3. The lowest BCUT2D eigenvalue weighted by molar-refractivity contribution is -0.145. The van der Waals surface area contributed by atoms with Gasteiger partial charge in [-0.25, -0.2) is 4.79 Å². The Bertz CT molecular complexity index is 1600. The first-order valence-corrected chi connectivity index (χ1v) is 15.8. The maximum absolute atomic E-state index is 13.3. The van der Waals surface area contributed by atoms with Gasteiger partial charge in [-0.3, -0.25) is 14.4 Å². The second kappa shape index (κ2) is 14.9. The predicted molar refractivity (Wildman–Crippen MR) is 174 cm³/mol. The Labute approximate surface area is 269 Å². The third kappa shape index (κ3) is 7.85. The number of anilines is 1. The first-order chi connectivity index (χ1) is 22.2. The molecule has 2 heterocycles. The smallest absolute Gasteiger partial charge is 0.410 e. The highest BCUT2D eigenvalue weighted by atomic mass is 16.6. The molecule has 3 amide bonds. The van der Waals surface area contributed by atoms with Crippen molar-refractivity contribution in [3.05, 3.63) is 82.9 Å². The van der Waals surface area contributed by atoms with Crippen molar-refractivity contribution in [1.82, 2.24) is 9.80 Å². The van der Waals surface area contributed by atoms with Crippen LogP contribution in [0.5, 0.6) is 5.75 Å². The number of rotatable bonds is 10. The number of benzene rings is 3. The van der Waals surface area contributed by atoms with Crippen molar-refractivity contribution in [2.75, 3.05) is 44.2 Å². The van der Waals surface area contributed by atoms with Crippen LogP contribution in [0.25, 0.3) is 11.1 Å². The van der Waals surface area contributed by atoms with Crippen LogP contribution in [0, 0.1) is 13.8 Å². The molecule has 1 fully saturated rings. The maximum atomic E-state index is 13.3. The van der Waals surface area contributed by atoms with E-state index >= 15 is 0 Å². The molecule has 46 heavy (non-hydrogen) atoms. The molecule has 0 bridgehead atoms. The molecule has 10 heteroatoms. The van der Waals surface area contributed by atoms with E-state index in [1.165, 1.54) is 15.4 Å². The van der Waals surface area contributed by atoms with Crippen LogP contribution in [-0.2, 0) is 32.1 Å². The largest absolute Gasteiger partial charge is 0.493 e. The Morgan fingerprint density at radius 1 is 0.848 bits per heavy atom. The number of carbonyl (C=O) groups excluding carboxylic acids is 3. The molecule has 0 spiro atoms. The molecule has 3 aromatic rings. The normalized spacial score (nSPS) is 14.4. The number of piperazine rings is 1. The topological polar surface area (TPSA) is 117 Å². The summed E-state index contributed by atoms with van der Waals surface area (Å²) >= 11 is 0. The predicted octanol–water partition coefficient (Wildman–Crippen LogP) is 5.36. The standard InChI is InChI=1S/C36H41N3O7/c1-25-8-3-14-32(26(25)2)45-21-7-15-33(40)39-16-6-12-30-29(11-5-13-31(30)39)28-10-4-9-27(22-28)24-46-36(44)38-19-17-37(18-20-38)34(41)23-35(42)43/h3-5,8-11,13-14,22H,6-7,12,15-21,23-24H2,1-2H3,(H,42,43). The molecule has 3 aromatic carbocycles. The van der Waals surface area contributed by atoms with Crippen molar-refractivity contribution in [1.29, 1.82) is 0 Å². The summed E-state index contributed by atoms with van der Waals surface area (Å²) < 4.78 is 11.6. The first-order valence-electron chi connectivity index (χ1n) is 15.8. The SMILES string of the molecule is Cc1cccc(OCCCC(=O)N2CCCc3c(-c4cccc(COC(=O)N5CCN(C(=O)CC(=O)O)CC5)c4)cccc32)c1C. The lowest BCUT2D eigenvalue weighted by Crippen LogP contribution is -2.51. The zero-order valence-electron chi connectivity index (χ0n) is 26.5. The average Bonchev–Trinajstić information content (AvgIpc) is 3.06. The number of aliphatic carboxylic acids is 1. The van der Waals surface area contributed by atoms with Crippen LogP contribution in [0.2, 0.25) is 0 Å². The van der Waals surface area contributed by atoms with Crippen LogP contribution >= 0.6 is 0 Å². The second-order valence-electron chi connectivity index (χ2n) is 11.8. The van der Waals surface area contributed by atoms with Crippen LogP contribution < -0.4 is 9.64 Å². The number of hydrogen-bond acceptors (Lipinski definition) is 6. The quantitative estimate of drug-likeness (QED) is 0.238. The Morgan fingerprint density at radius 3 is 2.37 bits per heavy atom. The Kier molecular flexibility index (Phi) is 10.6. The van der Waals surface area contributed by atoms with Gasteiger partial charge in [0.15, 0.2) is 0 Å². The third-order valence-corrected chi connectivity index (χ3v) is 8.69. The van der Waals surface area contributed by atoms with E-state index in [4.69, 9.17) is 14.6 Å². The molecule has 242 valence electrons. The Balaban J connectivity index is 1.17. The van der Waals surface area contributed by atoms with Gasteiger partial charge in [-0.15, -0.1) is 0 Å². The number of carboxylic acid groups (broad SMARTS) is 1. The molecule has 0 radical (unpaired) electrons. The van der Waals surface area contributed by atoms with Gasteiger partial charge in [0, 0.05) is 44.8 Å². The lowest BCUT2D eigenvalue weighted by Gasteiger charge is -2.33. The highest BCUT2D eigenvalue weighted by Crippen LogP contribution is 2.36. The van der Waals surface area contributed by atoms with E-state index in [9.17, 15) is 19.2 Å². The van der Waals surface area contributed by atoms with Crippen molar-refractivity contribution in [2.24, 2.45) is 0 Å². The zero-order chi connectivity index (χ0) is 32.6. The van der Waals surface area contributed by atoms with Gasteiger partial charge in [0.1, 0.15) is 18.8 Å². The van der Waals surface area contributed by atoms with E-state index in [-0.39, 0.29) is 38.7 Å². The monoisotopic (exact) mass is 627 g/mol. The van der Waals surface area contributed by atoms with Crippen LogP contribution in [-0.4, -0.2) is 78.1 Å². The van der Waals surface area contributed by atoms with Crippen LogP contribution in [0.1, 0.15) is 47.9 Å². The van der Waals surface area contributed by atoms with Crippen molar-refractivity contribution in [2.45, 2.75) is 52.6 Å². The minimum atomic E-state index is -1.17. The van der Waals surface area contributed by atoms with Gasteiger partial charge in [0.2, 0.25) is 11.8 Å². The first kappa shape index (κ1) is 32.5. The molecule has 1 N–H and O–H groups in total. The number of ether oxygens (including phenoxy) is 2. The second-order valence-corrected chi connectivity index (χ2v) is 11.8. The molecule has 10 nitrogen and oxygen atoms in total. The maximum Gasteiger partial charge on any atom is 0.410 e. The summed E-state index contributed by atoms with van der Waals surface area (Å²) in [5, 5.41) is 8.84. The van der Waals surface area contributed by atoms with Crippen LogP contribution in [0.3, 0.4) is 0 Å². The third-order valence-electron chi connectivity index (χ3n) is 8.69. The molecule has 0 aromatic heterocycles. The van der Waals surface area contributed by atoms with Gasteiger partial charge >= 0.3 is 12.1 Å². The number of hydrogen-bond donors (Lipinski definition) is 1. The summed E-state index contributed by atoms with van der Waals surface area (Å²) in [5.41, 5.74) is 7.28. The van der Waals surface area contributed by atoms with Gasteiger partial charge in [-0.2, -0.15) is 0 Å². The molecule has 0 aliphatic carbocycles.